The van der Waals surface area contributed by atoms with E-state index in [1.54, 1.807) is 29.6 Å². The number of nitrogens with one attached hydrogen (secondary N) is 1. The molecule has 2 aromatic carbocycles. The lowest BCUT2D eigenvalue weighted by Gasteiger charge is -2.30. The molecule has 1 N–H and O–H groups in total. The normalized spacial score (nSPS) is 20.4. The number of ether oxygens (including phenoxy) is 1. The quantitative estimate of drug-likeness (QED) is 0.824. The van der Waals surface area contributed by atoms with Crippen LogP contribution in [0.2, 0.25) is 0 Å². The summed E-state index contributed by atoms with van der Waals surface area (Å²) in [7, 11) is -2.04. The summed E-state index contributed by atoms with van der Waals surface area (Å²) in [6, 6.07) is 12.5. The third-order valence-corrected chi connectivity index (χ3v) is 7.69. The maximum absolute atomic E-state index is 13.6. The van der Waals surface area contributed by atoms with Crippen molar-refractivity contribution in [1.82, 2.24) is 4.31 Å². The van der Waals surface area contributed by atoms with Crippen molar-refractivity contribution >= 4 is 21.6 Å². The second-order valence-electron chi connectivity index (χ2n) is 7.62. The third-order valence-electron chi connectivity index (χ3n) is 5.78. The van der Waals surface area contributed by atoms with Crippen LogP contribution in [0.15, 0.2) is 47.4 Å². The van der Waals surface area contributed by atoms with Crippen LogP contribution in [0.5, 0.6) is 5.75 Å². The van der Waals surface area contributed by atoms with E-state index in [-0.39, 0.29) is 11.9 Å². The number of fused-ring (bicyclic) bond motifs is 1. The first kappa shape index (κ1) is 19.9. The highest BCUT2D eigenvalue weighted by Crippen LogP contribution is 2.36. The van der Waals surface area contributed by atoms with Gasteiger partial charge in [-0.1, -0.05) is 25.0 Å². The standard InChI is InChI=1S/C22H26N2O4S/c1-28-18-9-6-16(7-10-18)21-5-3-2-4-14-24(21)29(26,27)19-11-12-20-17(15-19)8-13-22(25)23-20/h6-7,9-12,15,21H,2-5,8,13-14H2,1H3,(H,23,25)/t21-/m1/s1. The summed E-state index contributed by atoms with van der Waals surface area (Å²) < 4.78 is 34.1. The molecule has 0 bridgehead atoms. The molecule has 1 fully saturated rings. The lowest BCUT2D eigenvalue weighted by molar-refractivity contribution is -0.116. The van der Waals surface area contributed by atoms with E-state index in [1.165, 1.54) is 0 Å². The van der Waals surface area contributed by atoms with Gasteiger partial charge < -0.3 is 10.1 Å². The molecule has 6 nitrogen and oxygen atoms in total. The van der Waals surface area contributed by atoms with Gasteiger partial charge in [0, 0.05) is 18.7 Å². The molecule has 154 valence electrons. The lowest BCUT2D eigenvalue weighted by atomic mass is 10.0. The molecule has 0 aliphatic carbocycles. The van der Waals surface area contributed by atoms with Crippen molar-refractivity contribution in [2.75, 3.05) is 19.0 Å². The van der Waals surface area contributed by atoms with Gasteiger partial charge in [0.2, 0.25) is 15.9 Å². The Kier molecular flexibility index (Phi) is 5.61. The molecule has 2 heterocycles. The van der Waals surface area contributed by atoms with Gasteiger partial charge in [-0.15, -0.1) is 0 Å². The Morgan fingerprint density at radius 1 is 1.03 bits per heavy atom. The molecule has 29 heavy (non-hydrogen) atoms. The molecular weight excluding hydrogens is 388 g/mol. The van der Waals surface area contributed by atoms with Crippen LogP contribution in [0, 0.1) is 0 Å². The molecule has 0 unspecified atom stereocenters. The smallest absolute Gasteiger partial charge is 0.243 e. The van der Waals surface area contributed by atoms with Crippen LogP contribution < -0.4 is 10.1 Å². The Hall–Kier alpha value is -2.38. The fraction of sp³-hybridized carbons (Fsp3) is 0.409. The Bertz CT molecular complexity index is 1000. The summed E-state index contributed by atoms with van der Waals surface area (Å²) >= 11 is 0. The molecule has 0 radical (unpaired) electrons. The third kappa shape index (κ3) is 4.02. The summed E-state index contributed by atoms with van der Waals surface area (Å²) in [6.07, 6.45) is 4.62. The van der Waals surface area contributed by atoms with Crippen LogP contribution in [0.3, 0.4) is 0 Å². The number of hydrogen-bond donors (Lipinski definition) is 1. The fourth-order valence-corrected chi connectivity index (χ4v) is 5.92. The van der Waals surface area contributed by atoms with E-state index in [4.69, 9.17) is 4.74 Å². The highest BCUT2D eigenvalue weighted by molar-refractivity contribution is 7.89. The average Bonchev–Trinajstić information content (AvgIpc) is 3.00. The summed E-state index contributed by atoms with van der Waals surface area (Å²) in [5.74, 6) is 0.730. The Morgan fingerprint density at radius 3 is 2.59 bits per heavy atom. The first-order valence-corrected chi connectivity index (χ1v) is 11.5. The predicted octanol–water partition coefficient (Wildman–Crippen LogP) is 3.89. The number of benzene rings is 2. The zero-order valence-electron chi connectivity index (χ0n) is 16.6. The molecule has 1 atom stereocenters. The molecule has 2 aliphatic heterocycles. The van der Waals surface area contributed by atoms with Gasteiger partial charge in [0.25, 0.3) is 0 Å². The number of anilines is 1. The molecule has 0 saturated carbocycles. The second kappa shape index (κ2) is 8.16. The zero-order valence-corrected chi connectivity index (χ0v) is 17.4. The summed E-state index contributed by atoms with van der Waals surface area (Å²) in [5.41, 5.74) is 2.57. The zero-order chi connectivity index (χ0) is 20.4. The van der Waals surface area contributed by atoms with Gasteiger partial charge in [-0.05, 0) is 60.7 Å². The van der Waals surface area contributed by atoms with Crippen LogP contribution in [-0.4, -0.2) is 32.3 Å². The van der Waals surface area contributed by atoms with Gasteiger partial charge >= 0.3 is 0 Å². The minimum Gasteiger partial charge on any atom is -0.497 e. The molecule has 1 amide bonds. The van der Waals surface area contributed by atoms with E-state index < -0.39 is 10.0 Å². The summed E-state index contributed by atoms with van der Waals surface area (Å²) in [6.45, 7) is 0.507. The number of sulfonamides is 1. The van der Waals surface area contributed by atoms with E-state index in [2.05, 4.69) is 5.32 Å². The molecule has 7 heteroatoms. The van der Waals surface area contributed by atoms with Crippen molar-refractivity contribution < 1.29 is 17.9 Å². The van der Waals surface area contributed by atoms with E-state index in [0.29, 0.717) is 30.0 Å². The van der Waals surface area contributed by atoms with Crippen molar-refractivity contribution in [1.29, 1.82) is 0 Å². The summed E-state index contributed by atoms with van der Waals surface area (Å²) in [4.78, 5) is 11.9. The van der Waals surface area contributed by atoms with Crippen molar-refractivity contribution in [2.45, 2.75) is 49.5 Å². The van der Waals surface area contributed by atoms with Crippen LogP contribution >= 0.6 is 0 Å². The molecule has 0 spiro atoms. The number of methoxy groups -OCH3 is 1. The number of rotatable bonds is 4. The number of hydrogen-bond acceptors (Lipinski definition) is 4. The van der Waals surface area contributed by atoms with Crippen LogP contribution in [0.25, 0.3) is 0 Å². The van der Waals surface area contributed by atoms with E-state index in [1.807, 2.05) is 24.3 Å². The SMILES string of the molecule is COc1ccc([C@H]2CCCCCN2S(=O)(=O)c2ccc3c(c2)CCC(=O)N3)cc1. The maximum atomic E-state index is 13.6. The minimum absolute atomic E-state index is 0.0276. The van der Waals surface area contributed by atoms with Crippen LogP contribution in [0.4, 0.5) is 5.69 Å². The van der Waals surface area contributed by atoms with Crippen molar-refractivity contribution in [3.8, 4) is 5.75 Å². The average molecular weight is 415 g/mol. The Morgan fingerprint density at radius 2 is 1.83 bits per heavy atom. The van der Waals surface area contributed by atoms with Gasteiger partial charge in [0.05, 0.1) is 18.0 Å². The number of aryl methyl sites for hydroxylation is 1. The van der Waals surface area contributed by atoms with Gasteiger partial charge in [-0.25, -0.2) is 8.42 Å². The number of carbonyl (C=O) groups excluding carboxylic acids is 1. The molecule has 1 saturated heterocycles. The van der Waals surface area contributed by atoms with E-state index >= 15 is 0 Å². The fourth-order valence-electron chi connectivity index (χ4n) is 4.18. The molecular formula is C22H26N2O4S. The van der Waals surface area contributed by atoms with Crippen LogP contribution in [0.1, 0.15) is 49.3 Å². The monoisotopic (exact) mass is 414 g/mol. The maximum Gasteiger partial charge on any atom is 0.243 e. The van der Waals surface area contributed by atoms with E-state index in [9.17, 15) is 13.2 Å². The predicted molar refractivity (Wildman–Crippen MR) is 111 cm³/mol. The van der Waals surface area contributed by atoms with Gasteiger partial charge in [0.1, 0.15) is 5.75 Å². The molecule has 2 aliphatic rings. The molecule has 2 aromatic rings. The first-order chi connectivity index (χ1) is 14.0. The van der Waals surface area contributed by atoms with Gasteiger partial charge in [0.15, 0.2) is 0 Å². The van der Waals surface area contributed by atoms with Crippen molar-refractivity contribution in [2.24, 2.45) is 0 Å². The number of nitrogens with zero attached hydrogens (tertiary/aromatic N) is 1. The summed E-state index contributed by atoms with van der Waals surface area (Å²) in [5, 5.41) is 2.81. The lowest BCUT2D eigenvalue weighted by Crippen LogP contribution is -2.35. The second-order valence-corrected chi connectivity index (χ2v) is 9.51. The van der Waals surface area contributed by atoms with Crippen molar-refractivity contribution in [3.05, 3.63) is 53.6 Å². The highest BCUT2D eigenvalue weighted by Gasteiger charge is 2.34. The van der Waals surface area contributed by atoms with Crippen molar-refractivity contribution in [3.63, 3.8) is 0 Å². The first-order valence-electron chi connectivity index (χ1n) is 10.1. The topological polar surface area (TPSA) is 75.7 Å². The highest BCUT2D eigenvalue weighted by atomic mass is 32.2. The largest absolute Gasteiger partial charge is 0.497 e. The Balaban J connectivity index is 1.69. The number of amides is 1. The Labute approximate surface area is 171 Å². The van der Waals surface area contributed by atoms with Crippen LogP contribution in [-0.2, 0) is 21.2 Å². The van der Waals surface area contributed by atoms with Gasteiger partial charge in [-0.3, -0.25) is 4.79 Å². The number of carbonyl (C=O) groups is 1. The molecule has 0 aromatic heterocycles. The molecule has 4 rings (SSSR count). The van der Waals surface area contributed by atoms with Gasteiger partial charge in [-0.2, -0.15) is 4.31 Å². The minimum atomic E-state index is -3.66. The van der Waals surface area contributed by atoms with E-state index in [0.717, 1.165) is 42.6 Å².